The van der Waals surface area contributed by atoms with Crippen molar-refractivity contribution in [2.45, 2.75) is 51.9 Å². The second-order valence-electron chi connectivity index (χ2n) is 9.09. The molecule has 0 radical (unpaired) electrons. The van der Waals surface area contributed by atoms with E-state index in [4.69, 9.17) is 9.47 Å². The predicted octanol–water partition coefficient (Wildman–Crippen LogP) is 2.29. The van der Waals surface area contributed by atoms with Gasteiger partial charge in [0.25, 0.3) is 5.56 Å². The molecular weight excluding hydrogens is 470 g/mol. The molecule has 1 N–H and O–H groups in total. The lowest BCUT2D eigenvalue weighted by atomic mass is 10.1. The van der Waals surface area contributed by atoms with Crippen LogP contribution in [0.1, 0.15) is 40.2 Å². The molecule has 0 fully saturated rings. The van der Waals surface area contributed by atoms with E-state index in [0.717, 1.165) is 10.1 Å². The van der Waals surface area contributed by atoms with Gasteiger partial charge in [0.1, 0.15) is 0 Å². The van der Waals surface area contributed by atoms with Crippen molar-refractivity contribution in [3.63, 3.8) is 0 Å². The van der Waals surface area contributed by atoms with E-state index in [1.165, 1.54) is 23.4 Å². The number of benzene rings is 1. The molecular formula is C24H33N5O5S. The first kappa shape index (κ1) is 26.4. The fourth-order valence-electron chi connectivity index (χ4n) is 3.64. The third-order valence-electron chi connectivity index (χ3n) is 5.11. The first-order chi connectivity index (χ1) is 16.5. The number of carbonyl (C=O) groups excluding carboxylic acids is 1. The van der Waals surface area contributed by atoms with Crippen LogP contribution in [0.25, 0.3) is 11.2 Å². The van der Waals surface area contributed by atoms with E-state index in [-0.39, 0.29) is 22.8 Å². The van der Waals surface area contributed by atoms with Gasteiger partial charge in [-0.05, 0) is 52.3 Å². The van der Waals surface area contributed by atoms with Crippen LogP contribution in [0.15, 0.2) is 32.9 Å². The van der Waals surface area contributed by atoms with E-state index in [0.29, 0.717) is 41.9 Å². The molecule has 1 amide bonds. The summed E-state index contributed by atoms with van der Waals surface area (Å²) in [6, 6.07) is 5.60. The highest BCUT2D eigenvalue weighted by molar-refractivity contribution is 7.99. The predicted molar refractivity (Wildman–Crippen MR) is 137 cm³/mol. The number of nitrogens with one attached hydrogen (secondary N) is 1. The third-order valence-corrected chi connectivity index (χ3v) is 6.08. The molecule has 2 aromatic heterocycles. The quantitative estimate of drug-likeness (QED) is 0.446. The number of ether oxygens (including phenoxy) is 2. The van der Waals surface area contributed by atoms with E-state index < -0.39 is 11.2 Å². The number of amides is 1. The number of imidazole rings is 1. The van der Waals surface area contributed by atoms with Gasteiger partial charge in [-0.3, -0.25) is 18.7 Å². The topological polar surface area (TPSA) is 109 Å². The summed E-state index contributed by atoms with van der Waals surface area (Å²) in [5.41, 5.74) is 0.141. The number of thioether (sulfide) groups is 1. The van der Waals surface area contributed by atoms with Gasteiger partial charge in [-0.25, -0.2) is 9.78 Å². The van der Waals surface area contributed by atoms with Crippen LogP contribution in [0.3, 0.4) is 0 Å². The van der Waals surface area contributed by atoms with Crippen molar-refractivity contribution in [1.29, 1.82) is 0 Å². The summed E-state index contributed by atoms with van der Waals surface area (Å²) < 4.78 is 15.6. The molecule has 10 nitrogen and oxygen atoms in total. The second-order valence-corrected chi connectivity index (χ2v) is 10.0. The van der Waals surface area contributed by atoms with Gasteiger partial charge in [0, 0.05) is 19.6 Å². The Kier molecular flexibility index (Phi) is 7.99. The van der Waals surface area contributed by atoms with Crippen molar-refractivity contribution in [1.82, 2.24) is 24.0 Å². The Morgan fingerprint density at radius 1 is 1.06 bits per heavy atom. The summed E-state index contributed by atoms with van der Waals surface area (Å²) in [5.74, 6) is 1.21. The van der Waals surface area contributed by atoms with E-state index in [2.05, 4.69) is 10.3 Å². The van der Waals surface area contributed by atoms with E-state index >= 15 is 0 Å². The van der Waals surface area contributed by atoms with Crippen LogP contribution in [-0.4, -0.2) is 49.1 Å². The summed E-state index contributed by atoms with van der Waals surface area (Å²) >= 11 is 1.22. The Morgan fingerprint density at radius 3 is 2.34 bits per heavy atom. The van der Waals surface area contributed by atoms with Crippen LogP contribution in [0.5, 0.6) is 11.5 Å². The average molecular weight is 504 g/mol. The number of nitrogens with zero attached hydrogens (tertiary/aromatic N) is 4. The van der Waals surface area contributed by atoms with Crippen molar-refractivity contribution < 1.29 is 14.3 Å². The number of hydrogen-bond donors (Lipinski definition) is 1. The lowest BCUT2D eigenvalue weighted by molar-refractivity contribution is -0.119. The molecule has 3 aromatic rings. The highest BCUT2D eigenvalue weighted by Gasteiger charge is 2.22. The van der Waals surface area contributed by atoms with Crippen molar-refractivity contribution in [3.05, 3.63) is 44.6 Å². The van der Waals surface area contributed by atoms with Gasteiger partial charge in [0.05, 0.1) is 25.5 Å². The molecule has 0 aliphatic heterocycles. The maximum atomic E-state index is 13.1. The standard InChI is InChI=1S/C24H33N5O5S/c1-8-33-16-11-10-15(12-17(16)34-9-2)13-29-19-20(27(6)23(32)28(7)21(19)31)25-22(29)35-14-18(30)26-24(3,4)5/h10-12H,8-9,13-14H2,1-7H3,(H,26,30). The normalized spacial score (nSPS) is 11.6. The lowest BCUT2D eigenvalue weighted by Crippen LogP contribution is -2.41. The van der Waals surface area contributed by atoms with E-state index in [9.17, 15) is 14.4 Å². The molecule has 0 spiro atoms. The summed E-state index contributed by atoms with van der Waals surface area (Å²) in [7, 11) is 3.02. The Bertz CT molecular complexity index is 1350. The molecule has 0 aliphatic carbocycles. The zero-order valence-corrected chi connectivity index (χ0v) is 22.1. The fourth-order valence-corrected chi connectivity index (χ4v) is 4.44. The molecule has 11 heteroatoms. The maximum Gasteiger partial charge on any atom is 0.332 e. The molecule has 0 saturated heterocycles. The molecule has 0 aliphatic rings. The highest BCUT2D eigenvalue weighted by atomic mass is 32.2. The Hall–Kier alpha value is -3.21. The summed E-state index contributed by atoms with van der Waals surface area (Å²) in [6.45, 7) is 10.8. The van der Waals surface area contributed by atoms with E-state index in [1.807, 2.05) is 52.8 Å². The fraction of sp³-hybridized carbons (Fsp3) is 0.500. The third kappa shape index (κ3) is 5.90. The SMILES string of the molecule is CCOc1ccc(Cn2c(SCC(=O)NC(C)(C)C)nc3c2c(=O)n(C)c(=O)n3C)cc1OCC. The molecule has 0 atom stereocenters. The van der Waals surface area contributed by atoms with Gasteiger partial charge in [-0.2, -0.15) is 0 Å². The van der Waals surface area contributed by atoms with Gasteiger partial charge >= 0.3 is 5.69 Å². The number of aryl methyl sites for hydroxylation is 1. The number of hydrogen-bond acceptors (Lipinski definition) is 7. The molecule has 0 unspecified atom stereocenters. The van der Waals surface area contributed by atoms with Crippen molar-refractivity contribution in [2.24, 2.45) is 14.1 Å². The van der Waals surface area contributed by atoms with Crippen LogP contribution in [-0.2, 0) is 25.4 Å². The van der Waals surface area contributed by atoms with Gasteiger partial charge in [0.2, 0.25) is 5.91 Å². The molecule has 0 bridgehead atoms. The van der Waals surface area contributed by atoms with Gasteiger partial charge in [-0.1, -0.05) is 17.8 Å². The molecule has 35 heavy (non-hydrogen) atoms. The van der Waals surface area contributed by atoms with Crippen molar-refractivity contribution >= 4 is 28.8 Å². The lowest BCUT2D eigenvalue weighted by Gasteiger charge is -2.20. The van der Waals surface area contributed by atoms with Crippen molar-refractivity contribution in [3.8, 4) is 11.5 Å². The number of aromatic nitrogens is 4. The monoisotopic (exact) mass is 503 g/mol. The first-order valence-electron chi connectivity index (χ1n) is 11.4. The zero-order valence-electron chi connectivity index (χ0n) is 21.3. The molecule has 3 rings (SSSR count). The number of carbonyl (C=O) groups is 1. The summed E-state index contributed by atoms with van der Waals surface area (Å²) in [6.07, 6.45) is 0. The molecule has 2 heterocycles. The van der Waals surface area contributed by atoms with Crippen molar-refractivity contribution in [2.75, 3.05) is 19.0 Å². The molecule has 190 valence electrons. The number of rotatable bonds is 9. The number of fused-ring (bicyclic) bond motifs is 1. The van der Waals surface area contributed by atoms with E-state index in [1.54, 1.807) is 11.6 Å². The minimum Gasteiger partial charge on any atom is -0.490 e. The van der Waals surface area contributed by atoms with Crippen LogP contribution < -0.4 is 26.0 Å². The summed E-state index contributed by atoms with van der Waals surface area (Å²) in [4.78, 5) is 42.7. The largest absolute Gasteiger partial charge is 0.490 e. The minimum absolute atomic E-state index is 0.113. The Labute approximate surface area is 208 Å². The minimum atomic E-state index is -0.464. The Morgan fingerprint density at radius 2 is 1.71 bits per heavy atom. The van der Waals surface area contributed by atoms with Crippen LogP contribution in [0.2, 0.25) is 0 Å². The van der Waals surface area contributed by atoms with Gasteiger partial charge in [0.15, 0.2) is 27.8 Å². The Balaban J connectivity index is 2.09. The zero-order chi connectivity index (χ0) is 25.9. The second kappa shape index (κ2) is 10.6. The first-order valence-corrected chi connectivity index (χ1v) is 12.4. The van der Waals surface area contributed by atoms with Crippen LogP contribution in [0, 0.1) is 0 Å². The molecule has 1 aromatic carbocycles. The smallest absolute Gasteiger partial charge is 0.332 e. The van der Waals surface area contributed by atoms with Crippen LogP contribution in [0.4, 0.5) is 0 Å². The summed E-state index contributed by atoms with van der Waals surface area (Å²) in [5, 5.41) is 3.39. The van der Waals surface area contributed by atoms with Crippen LogP contribution >= 0.6 is 11.8 Å². The average Bonchev–Trinajstić information content (AvgIpc) is 3.14. The van der Waals surface area contributed by atoms with Gasteiger partial charge < -0.3 is 19.4 Å². The molecule has 0 saturated carbocycles. The van der Waals surface area contributed by atoms with Gasteiger partial charge in [-0.15, -0.1) is 0 Å². The highest BCUT2D eigenvalue weighted by Crippen LogP contribution is 2.30. The maximum absolute atomic E-state index is 13.1.